The highest BCUT2D eigenvalue weighted by Crippen LogP contribution is 2.26. The summed E-state index contributed by atoms with van der Waals surface area (Å²) < 4.78 is 27.7. The Hall–Kier alpha value is -1.66. The van der Waals surface area contributed by atoms with E-state index >= 15 is 0 Å². The summed E-state index contributed by atoms with van der Waals surface area (Å²) in [4.78, 5) is 13.0. The Balaban J connectivity index is 1.84. The number of aryl methyl sites for hydroxylation is 1. The van der Waals surface area contributed by atoms with Crippen LogP contribution >= 0.6 is 0 Å². The van der Waals surface area contributed by atoms with Crippen LogP contribution in [0.25, 0.3) is 0 Å². The minimum Gasteiger partial charge on any atom is -0.505 e. The average molecular weight is 259 g/mol. The molecular weight excluding hydrogens is 244 g/mol. The van der Waals surface area contributed by atoms with Crippen LogP contribution in [0.5, 0.6) is 5.75 Å². The molecule has 1 aliphatic rings. The zero-order valence-corrected chi connectivity index (χ0v) is 9.85. The summed E-state index contributed by atoms with van der Waals surface area (Å²) in [6.45, 7) is 0.177. The van der Waals surface area contributed by atoms with Crippen LogP contribution in [0.1, 0.15) is 19.3 Å². The molecule has 18 heavy (non-hydrogen) atoms. The minimum absolute atomic E-state index is 0.0203. The van der Waals surface area contributed by atoms with Gasteiger partial charge in [-0.05, 0) is 6.42 Å². The molecule has 5 nitrogen and oxygen atoms in total. The van der Waals surface area contributed by atoms with Gasteiger partial charge in [-0.1, -0.05) is 0 Å². The highest BCUT2D eigenvalue weighted by molar-refractivity contribution is 5.76. The van der Waals surface area contributed by atoms with Crippen LogP contribution in [0, 0.1) is 0 Å². The molecule has 2 heterocycles. The van der Waals surface area contributed by atoms with Gasteiger partial charge in [-0.15, -0.1) is 0 Å². The smallest absolute Gasteiger partial charge is 0.265 e. The number of aromatic nitrogens is 2. The summed E-state index contributed by atoms with van der Waals surface area (Å²) >= 11 is 0. The number of hydrogen-bond acceptors (Lipinski definition) is 3. The van der Waals surface area contributed by atoms with Gasteiger partial charge in [0.2, 0.25) is 5.91 Å². The Morgan fingerprint density at radius 2 is 2.33 bits per heavy atom. The fraction of sp³-hybridized carbons (Fsp3) is 0.636. The standard InChI is InChI=1S/C11H15F2N3O2/c12-11(13)3-1-4-15(8-11)10(18)2-5-16-7-9(17)6-14-16/h6-7,17H,1-5,8H2. The number of hydrogen-bond donors (Lipinski definition) is 1. The van der Waals surface area contributed by atoms with Gasteiger partial charge in [0.05, 0.1) is 18.9 Å². The first-order valence-corrected chi connectivity index (χ1v) is 5.83. The van der Waals surface area contributed by atoms with Crippen LogP contribution in [-0.4, -0.2) is 44.7 Å². The average Bonchev–Trinajstić information content (AvgIpc) is 2.70. The van der Waals surface area contributed by atoms with Crippen molar-refractivity contribution in [2.45, 2.75) is 31.7 Å². The zero-order valence-electron chi connectivity index (χ0n) is 9.85. The number of halogens is 2. The number of alkyl halides is 2. The third-order valence-corrected chi connectivity index (χ3v) is 2.92. The van der Waals surface area contributed by atoms with E-state index in [2.05, 4.69) is 5.10 Å². The quantitative estimate of drug-likeness (QED) is 0.888. The fourth-order valence-electron chi connectivity index (χ4n) is 2.02. The maximum absolute atomic E-state index is 13.1. The monoisotopic (exact) mass is 259 g/mol. The Kier molecular flexibility index (Phi) is 3.49. The van der Waals surface area contributed by atoms with Gasteiger partial charge in [0.25, 0.3) is 5.92 Å². The lowest BCUT2D eigenvalue weighted by atomic mass is 10.1. The predicted octanol–water partition coefficient (Wildman–Crippen LogP) is 1.24. The number of carbonyl (C=O) groups is 1. The number of rotatable bonds is 3. The molecule has 0 aliphatic carbocycles. The molecular formula is C11H15F2N3O2. The van der Waals surface area contributed by atoms with Crippen LogP contribution in [0.4, 0.5) is 8.78 Å². The molecule has 1 amide bonds. The molecule has 0 spiro atoms. The van der Waals surface area contributed by atoms with Gasteiger partial charge in [0, 0.05) is 25.9 Å². The molecule has 1 fully saturated rings. The van der Waals surface area contributed by atoms with Crippen molar-refractivity contribution < 1.29 is 18.7 Å². The van der Waals surface area contributed by atoms with Gasteiger partial charge in [-0.2, -0.15) is 5.10 Å². The van der Waals surface area contributed by atoms with Crippen molar-refractivity contribution in [3.8, 4) is 5.75 Å². The van der Waals surface area contributed by atoms with E-state index in [1.807, 2.05) is 0 Å². The lowest BCUT2D eigenvalue weighted by Crippen LogP contribution is -2.45. The van der Waals surface area contributed by atoms with E-state index in [0.717, 1.165) is 0 Å². The molecule has 1 aliphatic heterocycles. The predicted molar refractivity (Wildman–Crippen MR) is 59.3 cm³/mol. The molecule has 1 aromatic heterocycles. The van der Waals surface area contributed by atoms with Crippen molar-refractivity contribution in [1.82, 2.24) is 14.7 Å². The Morgan fingerprint density at radius 1 is 1.56 bits per heavy atom. The number of piperidine rings is 1. The second kappa shape index (κ2) is 4.91. The molecule has 0 atom stereocenters. The van der Waals surface area contributed by atoms with E-state index in [-0.39, 0.29) is 31.0 Å². The normalized spacial score (nSPS) is 18.9. The molecule has 100 valence electrons. The first kappa shape index (κ1) is 12.8. The van der Waals surface area contributed by atoms with E-state index in [9.17, 15) is 13.6 Å². The molecule has 2 rings (SSSR count). The molecule has 1 N–H and O–H groups in total. The van der Waals surface area contributed by atoms with E-state index in [1.54, 1.807) is 0 Å². The van der Waals surface area contributed by atoms with E-state index in [0.29, 0.717) is 13.0 Å². The number of likely N-dealkylation sites (tertiary alicyclic amines) is 1. The second-order valence-corrected chi connectivity index (χ2v) is 4.49. The van der Waals surface area contributed by atoms with E-state index in [1.165, 1.54) is 22.0 Å². The summed E-state index contributed by atoms with van der Waals surface area (Å²) in [5.74, 6) is -3.05. The van der Waals surface area contributed by atoms with Gasteiger partial charge in [0.15, 0.2) is 5.75 Å². The maximum Gasteiger partial charge on any atom is 0.265 e. The zero-order chi connectivity index (χ0) is 13.2. The van der Waals surface area contributed by atoms with E-state index < -0.39 is 12.5 Å². The maximum atomic E-state index is 13.1. The number of amides is 1. The minimum atomic E-state index is -2.77. The molecule has 0 radical (unpaired) electrons. The summed E-state index contributed by atoms with van der Waals surface area (Å²) in [5.41, 5.74) is 0. The highest BCUT2D eigenvalue weighted by Gasteiger charge is 2.36. The van der Waals surface area contributed by atoms with Crippen molar-refractivity contribution >= 4 is 5.91 Å². The molecule has 0 aromatic carbocycles. The molecule has 0 bridgehead atoms. The largest absolute Gasteiger partial charge is 0.505 e. The van der Waals surface area contributed by atoms with Crippen LogP contribution in [0.3, 0.4) is 0 Å². The van der Waals surface area contributed by atoms with Crippen LogP contribution in [-0.2, 0) is 11.3 Å². The lowest BCUT2D eigenvalue weighted by molar-refractivity contribution is -0.141. The number of nitrogens with zero attached hydrogens (tertiary/aromatic N) is 3. The molecule has 1 saturated heterocycles. The second-order valence-electron chi connectivity index (χ2n) is 4.49. The number of carbonyl (C=O) groups excluding carboxylic acids is 1. The third-order valence-electron chi connectivity index (χ3n) is 2.92. The summed E-state index contributed by atoms with van der Waals surface area (Å²) in [5, 5.41) is 12.9. The van der Waals surface area contributed by atoms with Crippen molar-refractivity contribution in [1.29, 1.82) is 0 Å². The molecule has 1 aromatic rings. The van der Waals surface area contributed by atoms with Gasteiger partial charge in [-0.25, -0.2) is 8.78 Å². The number of aromatic hydroxyl groups is 1. The molecule has 0 saturated carbocycles. The van der Waals surface area contributed by atoms with Crippen molar-refractivity contribution in [3.05, 3.63) is 12.4 Å². The van der Waals surface area contributed by atoms with Crippen LogP contribution in [0.2, 0.25) is 0 Å². The Bertz CT molecular complexity index is 434. The lowest BCUT2D eigenvalue weighted by Gasteiger charge is -2.32. The summed E-state index contributed by atoms with van der Waals surface area (Å²) in [6, 6.07) is 0. The third kappa shape index (κ3) is 3.18. The van der Waals surface area contributed by atoms with Crippen molar-refractivity contribution in [2.75, 3.05) is 13.1 Å². The van der Waals surface area contributed by atoms with E-state index in [4.69, 9.17) is 5.11 Å². The fourth-order valence-corrected chi connectivity index (χ4v) is 2.02. The first-order chi connectivity index (χ1) is 8.46. The van der Waals surface area contributed by atoms with Gasteiger partial charge < -0.3 is 10.0 Å². The van der Waals surface area contributed by atoms with Gasteiger partial charge in [0.1, 0.15) is 0 Å². The van der Waals surface area contributed by atoms with Crippen LogP contribution in [0.15, 0.2) is 12.4 Å². The summed E-state index contributed by atoms with van der Waals surface area (Å²) in [6.07, 6.45) is 2.94. The topological polar surface area (TPSA) is 58.4 Å². The SMILES string of the molecule is O=C(CCn1cc(O)cn1)N1CCCC(F)(F)C1. The Labute approximate surface area is 103 Å². The summed E-state index contributed by atoms with van der Waals surface area (Å²) in [7, 11) is 0. The van der Waals surface area contributed by atoms with Gasteiger partial charge >= 0.3 is 0 Å². The van der Waals surface area contributed by atoms with Gasteiger partial charge in [-0.3, -0.25) is 9.48 Å². The molecule has 0 unspecified atom stereocenters. The molecule has 7 heteroatoms. The highest BCUT2D eigenvalue weighted by atomic mass is 19.3. The Morgan fingerprint density at radius 3 is 2.94 bits per heavy atom. The van der Waals surface area contributed by atoms with Crippen LogP contribution < -0.4 is 0 Å². The first-order valence-electron chi connectivity index (χ1n) is 5.83. The van der Waals surface area contributed by atoms with Crippen molar-refractivity contribution in [2.24, 2.45) is 0 Å². The van der Waals surface area contributed by atoms with Crippen molar-refractivity contribution in [3.63, 3.8) is 0 Å².